The quantitative estimate of drug-likeness (QED) is 0.498. The van der Waals surface area contributed by atoms with Crippen LogP contribution in [-0.2, 0) is 11.0 Å². The van der Waals surface area contributed by atoms with Gasteiger partial charge < -0.3 is 10.4 Å². The lowest BCUT2D eigenvalue weighted by Crippen LogP contribution is -2.10. The summed E-state index contributed by atoms with van der Waals surface area (Å²) in [6.07, 6.45) is -1.15. The zero-order valence-corrected chi connectivity index (χ0v) is 17.0. The van der Waals surface area contributed by atoms with Crippen LogP contribution in [-0.4, -0.2) is 26.0 Å². The number of benzene rings is 1. The molecule has 2 heterocycles. The van der Waals surface area contributed by atoms with Gasteiger partial charge >= 0.3 is 12.1 Å². The van der Waals surface area contributed by atoms with Gasteiger partial charge in [-0.2, -0.15) is 13.2 Å². The number of thiazole rings is 1. The number of hydrogen-bond donors (Lipinski definition) is 2. The molecule has 2 aromatic heterocycles. The van der Waals surface area contributed by atoms with Crippen molar-refractivity contribution in [2.75, 3.05) is 5.32 Å². The molecule has 0 saturated heterocycles. The van der Waals surface area contributed by atoms with Gasteiger partial charge in [0.05, 0.1) is 16.3 Å². The van der Waals surface area contributed by atoms with Crippen LogP contribution in [0.1, 0.15) is 41.9 Å². The van der Waals surface area contributed by atoms with Crippen LogP contribution in [0.5, 0.6) is 0 Å². The van der Waals surface area contributed by atoms with Crippen LogP contribution in [0, 0.1) is 6.92 Å². The Bertz CT molecular complexity index is 1050. The number of carboxylic acid groups (broad SMARTS) is 1. The van der Waals surface area contributed by atoms with Crippen molar-refractivity contribution in [3.63, 3.8) is 0 Å². The van der Waals surface area contributed by atoms with Gasteiger partial charge in [-0.1, -0.05) is 13.0 Å². The third-order valence-corrected chi connectivity index (χ3v) is 5.56. The molecule has 2 N–H and O–H groups in total. The first-order valence-electron chi connectivity index (χ1n) is 9.12. The van der Waals surface area contributed by atoms with Gasteiger partial charge in [-0.3, -0.25) is 4.79 Å². The lowest BCUT2D eigenvalue weighted by molar-refractivity contribution is -0.141. The molecule has 3 rings (SSSR count). The Balaban J connectivity index is 1.87. The molecular formula is C20H19F3N4O2S. The van der Waals surface area contributed by atoms with Crippen molar-refractivity contribution in [1.82, 2.24) is 15.0 Å². The standard InChI is InChI=1S/C20H19F3N4O2S/c1-3-12(9-17(28)29)18-25-10-15(30-18)13-6-11(2)7-14(8-13)26-19-24-5-4-16(27-19)20(21,22)23/h4-8,10,12H,3,9H2,1-2H3,(H,28,29)(H,24,26,27). The molecular weight excluding hydrogens is 417 g/mol. The second-order valence-corrected chi connectivity index (χ2v) is 7.80. The van der Waals surface area contributed by atoms with Gasteiger partial charge in [-0.25, -0.2) is 15.0 Å². The Morgan fingerprint density at radius 2 is 2.03 bits per heavy atom. The van der Waals surface area contributed by atoms with E-state index in [-0.39, 0.29) is 18.3 Å². The summed E-state index contributed by atoms with van der Waals surface area (Å²) in [4.78, 5) is 23.7. The minimum atomic E-state index is -4.55. The minimum Gasteiger partial charge on any atom is -0.481 e. The fraction of sp³-hybridized carbons (Fsp3) is 0.300. The largest absolute Gasteiger partial charge is 0.481 e. The van der Waals surface area contributed by atoms with Crippen molar-refractivity contribution >= 4 is 28.9 Å². The molecule has 10 heteroatoms. The molecule has 0 radical (unpaired) electrons. The fourth-order valence-electron chi connectivity index (χ4n) is 2.93. The van der Waals surface area contributed by atoms with Gasteiger partial charge in [0.1, 0.15) is 5.69 Å². The number of aromatic nitrogens is 3. The summed E-state index contributed by atoms with van der Waals surface area (Å²) >= 11 is 1.41. The van der Waals surface area contributed by atoms with Gasteiger partial charge in [-0.15, -0.1) is 11.3 Å². The molecule has 0 amide bonds. The van der Waals surface area contributed by atoms with Crippen LogP contribution in [0.3, 0.4) is 0 Å². The summed E-state index contributed by atoms with van der Waals surface area (Å²) in [7, 11) is 0. The smallest absolute Gasteiger partial charge is 0.433 e. The van der Waals surface area contributed by atoms with E-state index in [1.54, 1.807) is 18.3 Å². The predicted octanol–water partition coefficient (Wildman–Crippen LogP) is 5.64. The fourth-order valence-corrected chi connectivity index (χ4v) is 4.02. The highest BCUT2D eigenvalue weighted by Gasteiger charge is 2.32. The summed E-state index contributed by atoms with van der Waals surface area (Å²) in [5, 5.41) is 12.6. The lowest BCUT2D eigenvalue weighted by Gasteiger charge is -2.10. The van der Waals surface area contributed by atoms with Gasteiger partial charge in [0.2, 0.25) is 5.95 Å². The van der Waals surface area contributed by atoms with E-state index < -0.39 is 17.8 Å². The van der Waals surface area contributed by atoms with E-state index in [0.29, 0.717) is 12.1 Å². The maximum absolute atomic E-state index is 12.9. The number of carbonyl (C=O) groups is 1. The third-order valence-electron chi connectivity index (χ3n) is 4.35. The topological polar surface area (TPSA) is 88.0 Å². The number of aliphatic carboxylic acids is 1. The third kappa shape index (κ3) is 5.32. The van der Waals surface area contributed by atoms with E-state index in [0.717, 1.165) is 33.3 Å². The summed E-state index contributed by atoms with van der Waals surface area (Å²) in [6, 6.07) is 6.28. The van der Waals surface area contributed by atoms with E-state index in [4.69, 9.17) is 5.11 Å². The second-order valence-electron chi connectivity index (χ2n) is 6.74. The van der Waals surface area contributed by atoms with Gasteiger partial charge in [0.25, 0.3) is 0 Å². The first kappa shape index (κ1) is 21.7. The van der Waals surface area contributed by atoms with Crippen LogP contribution >= 0.6 is 11.3 Å². The molecule has 0 bridgehead atoms. The van der Waals surface area contributed by atoms with Gasteiger partial charge in [0, 0.05) is 24.0 Å². The Labute approximate surface area is 174 Å². The number of aryl methyl sites for hydroxylation is 1. The van der Waals surface area contributed by atoms with Crippen molar-refractivity contribution < 1.29 is 23.1 Å². The maximum Gasteiger partial charge on any atom is 0.433 e. The number of nitrogens with zero attached hydrogens (tertiary/aromatic N) is 3. The summed E-state index contributed by atoms with van der Waals surface area (Å²) < 4.78 is 38.6. The van der Waals surface area contributed by atoms with Crippen LogP contribution in [0.2, 0.25) is 0 Å². The Kier molecular flexibility index (Phi) is 6.35. The average Bonchev–Trinajstić information content (AvgIpc) is 3.15. The molecule has 30 heavy (non-hydrogen) atoms. The summed E-state index contributed by atoms with van der Waals surface area (Å²) in [5.74, 6) is -1.19. The monoisotopic (exact) mass is 436 g/mol. The van der Waals surface area contributed by atoms with E-state index in [2.05, 4.69) is 20.3 Å². The molecule has 1 atom stereocenters. The number of alkyl halides is 3. The van der Waals surface area contributed by atoms with E-state index in [9.17, 15) is 18.0 Å². The molecule has 0 aliphatic heterocycles. The zero-order chi connectivity index (χ0) is 21.9. The molecule has 0 fully saturated rings. The van der Waals surface area contributed by atoms with Crippen molar-refractivity contribution in [3.05, 3.63) is 52.9 Å². The van der Waals surface area contributed by atoms with E-state index >= 15 is 0 Å². The number of carboxylic acids is 1. The van der Waals surface area contributed by atoms with E-state index in [1.807, 2.05) is 19.9 Å². The van der Waals surface area contributed by atoms with Crippen LogP contribution in [0.25, 0.3) is 10.4 Å². The highest BCUT2D eigenvalue weighted by atomic mass is 32.1. The first-order valence-corrected chi connectivity index (χ1v) is 9.94. The molecule has 1 aromatic carbocycles. The molecule has 158 valence electrons. The van der Waals surface area contributed by atoms with E-state index in [1.165, 1.54) is 11.3 Å². The first-order chi connectivity index (χ1) is 14.2. The van der Waals surface area contributed by atoms with Crippen molar-refractivity contribution in [2.45, 2.75) is 38.8 Å². The lowest BCUT2D eigenvalue weighted by atomic mass is 10.0. The minimum absolute atomic E-state index is 0.0109. The van der Waals surface area contributed by atoms with Gasteiger partial charge in [0.15, 0.2) is 0 Å². The normalized spacial score (nSPS) is 12.6. The number of halogens is 3. The predicted molar refractivity (Wildman–Crippen MR) is 108 cm³/mol. The molecule has 0 spiro atoms. The molecule has 0 aliphatic carbocycles. The van der Waals surface area contributed by atoms with Crippen LogP contribution in [0.4, 0.5) is 24.8 Å². The number of anilines is 2. The Morgan fingerprint density at radius 3 is 2.70 bits per heavy atom. The molecule has 0 saturated carbocycles. The van der Waals surface area contributed by atoms with Crippen molar-refractivity contribution in [2.24, 2.45) is 0 Å². The number of rotatable bonds is 7. The Hall–Kier alpha value is -3.01. The SMILES string of the molecule is CCC(CC(=O)O)c1ncc(-c2cc(C)cc(Nc3nccc(C(F)(F)F)n3)c2)s1. The highest BCUT2D eigenvalue weighted by molar-refractivity contribution is 7.15. The van der Waals surface area contributed by atoms with Gasteiger partial charge in [-0.05, 0) is 42.7 Å². The molecule has 3 aromatic rings. The summed E-state index contributed by atoms with van der Waals surface area (Å²) in [6.45, 7) is 3.78. The highest BCUT2D eigenvalue weighted by Crippen LogP contribution is 2.35. The molecule has 6 nitrogen and oxygen atoms in total. The number of hydrogen-bond acceptors (Lipinski definition) is 6. The van der Waals surface area contributed by atoms with Crippen LogP contribution < -0.4 is 5.32 Å². The number of nitrogens with one attached hydrogen (secondary N) is 1. The summed E-state index contributed by atoms with van der Waals surface area (Å²) in [5.41, 5.74) is 1.22. The average molecular weight is 436 g/mol. The maximum atomic E-state index is 12.9. The molecule has 0 aliphatic rings. The molecule has 1 unspecified atom stereocenters. The second kappa shape index (κ2) is 8.78. The van der Waals surface area contributed by atoms with Crippen molar-refractivity contribution in [1.29, 1.82) is 0 Å². The van der Waals surface area contributed by atoms with Crippen LogP contribution in [0.15, 0.2) is 36.7 Å². The zero-order valence-electron chi connectivity index (χ0n) is 16.2. The van der Waals surface area contributed by atoms with Crippen molar-refractivity contribution in [3.8, 4) is 10.4 Å². The Morgan fingerprint density at radius 1 is 1.27 bits per heavy atom.